The largest absolute Gasteiger partial charge is 0.392 e. The Hall–Kier alpha value is -1.14. The highest BCUT2D eigenvalue weighted by Crippen LogP contribution is 2.12. The maximum absolute atomic E-state index is 11.6. The second kappa shape index (κ2) is 5.09. The van der Waals surface area contributed by atoms with Crippen molar-refractivity contribution >= 4 is 22.4 Å². The first-order valence-electron chi connectivity index (χ1n) is 4.61. The topological polar surface area (TPSA) is 79.5 Å². The number of hydrogen-bond acceptors (Lipinski definition) is 5. The molecule has 0 saturated carbocycles. The summed E-state index contributed by atoms with van der Waals surface area (Å²) in [4.78, 5) is 17.1. The average Bonchev–Trinajstić information content (AvgIpc) is 2.50. The number of nitrogens with two attached hydrogens (primary N) is 1. The maximum Gasteiger partial charge on any atom is 0.228 e. The molecule has 1 atom stereocenters. The lowest BCUT2D eigenvalue weighted by Crippen LogP contribution is -2.34. The number of nitrogens with zero attached hydrogens (tertiary/aromatic N) is 2. The van der Waals surface area contributed by atoms with Crippen LogP contribution in [0.2, 0.25) is 0 Å². The molecule has 15 heavy (non-hydrogen) atoms. The Morgan fingerprint density at radius 1 is 1.80 bits per heavy atom. The van der Waals surface area contributed by atoms with Crippen LogP contribution >= 0.6 is 11.3 Å². The van der Waals surface area contributed by atoms with E-state index in [9.17, 15) is 4.79 Å². The molecule has 1 heterocycles. The highest BCUT2D eigenvalue weighted by atomic mass is 32.1. The first-order chi connectivity index (χ1) is 6.99. The van der Waals surface area contributed by atoms with E-state index in [0.717, 1.165) is 0 Å². The predicted octanol–water partition coefficient (Wildman–Crippen LogP) is 0.107. The maximum atomic E-state index is 11.6. The van der Waals surface area contributed by atoms with Crippen LogP contribution in [0, 0.1) is 0 Å². The molecular weight excluding hydrogens is 214 g/mol. The van der Waals surface area contributed by atoms with Gasteiger partial charge in [0.2, 0.25) is 5.91 Å². The van der Waals surface area contributed by atoms with Crippen LogP contribution in [-0.2, 0) is 11.2 Å². The zero-order valence-corrected chi connectivity index (χ0v) is 9.62. The van der Waals surface area contributed by atoms with Crippen LogP contribution in [-0.4, -0.2) is 40.6 Å². The Balaban J connectivity index is 2.48. The van der Waals surface area contributed by atoms with Crippen molar-refractivity contribution in [2.45, 2.75) is 19.4 Å². The molecule has 6 heteroatoms. The number of rotatable bonds is 4. The summed E-state index contributed by atoms with van der Waals surface area (Å²) in [6.07, 6.45) is -0.281. The smallest absolute Gasteiger partial charge is 0.228 e. The van der Waals surface area contributed by atoms with E-state index in [1.54, 1.807) is 19.4 Å². The lowest BCUT2D eigenvalue weighted by atomic mass is 10.3. The number of carbonyl (C=O) groups is 1. The van der Waals surface area contributed by atoms with Crippen molar-refractivity contribution in [3.8, 4) is 0 Å². The number of carbonyl (C=O) groups excluding carboxylic acids is 1. The van der Waals surface area contributed by atoms with E-state index in [4.69, 9.17) is 10.8 Å². The minimum Gasteiger partial charge on any atom is -0.392 e. The van der Waals surface area contributed by atoms with Gasteiger partial charge in [-0.3, -0.25) is 4.79 Å². The molecule has 1 amide bonds. The van der Waals surface area contributed by atoms with Crippen LogP contribution in [0.4, 0.5) is 5.13 Å². The van der Waals surface area contributed by atoms with E-state index in [1.807, 2.05) is 0 Å². The number of aliphatic hydroxyl groups is 1. The first kappa shape index (κ1) is 11.9. The number of hydrogen-bond donors (Lipinski definition) is 2. The van der Waals surface area contributed by atoms with Crippen molar-refractivity contribution in [2.75, 3.05) is 19.3 Å². The fraction of sp³-hybridized carbons (Fsp3) is 0.556. The van der Waals surface area contributed by atoms with Gasteiger partial charge in [-0.25, -0.2) is 4.98 Å². The van der Waals surface area contributed by atoms with Crippen LogP contribution in [0.3, 0.4) is 0 Å². The van der Waals surface area contributed by atoms with Gasteiger partial charge in [-0.2, -0.15) is 0 Å². The Morgan fingerprint density at radius 3 is 2.93 bits per heavy atom. The van der Waals surface area contributed by atoms with Crippen LogP contribution in [0.25, 0.3) is 0 Å². The van der Waals surface area contributed by atoms with Gasteiger partial charge in [-0.1, -0.05) is 0 Å². The molecule has 84 valence electrons. The Bertz CT molecular complexity index is 338. The Labute approximate surface area is 92.5 Å². The molecule has 0 aromatic carbocycles. The van der Waals surface area contributed by atoms with Gasteiger partial charge in [0.15, 0.2) is 5.13 Å². The molecule has 0 spiro atoms. The lowest BCUT2D eigenvalue weighted by Gasteiger charge is -2.18. The summed E-state index contributed by atoms with van der Waals surface area (Å²) in [5, 5.41) is 11.4. The first-order valence-corrected chi connectivity index (χ1v) is 5.49. The van der Waals surface area contributed by atoms with Crippen LogP contribution in [0.1, 0.15) is 12.6 Å². The van der Waals surface area contributed by atoms with E-state index in [-0.39, 0.29) is 12.3 Å². The quantitative estimate of drug-likeness (QED) is 0.768. The number of aromatic nitrogens is 1. The third kappa shape index (κ3) is 3.85. The van der Waals surface area contributed by atoms with Crippen molar-refractivity contribution in [1.82, 2.24) is 9.88 Å². The molecule has 1 aromatic heterocycles. The van der Waals surface area contributed by atoms with E-state index in [2.05, 4.69) is 4.98 Å². The number of anilines is 1. The molecule has 1 unspecified atom stereocenters. The van der Waals surface area contributed by atoms with E-state index in [1.165, 1.54) is 16.2 Å². The number of amides is 1. The molecular formula is C9H15N3O2S. The summed E-state index contributed by atoms with van der Waals surface area (Å²) >= 11 is 1.32. The fourth-order valence-electron chi connectivity index (χ4n) is 1.19. The molecule has 0 aliphatic carbocycles. The molecule has 0 saturated heterocycles. The highest BCUT2D eigenvalue weighted by Gasteiger charge is 2.12. The van der Waals surface area contributed by atoms with Crippen LogP contribution in [0.15, 0.2) is 5.38 Å². The second-order valence-corrected chi connectivity index (χ2v) is 4.37. The van der Waals surface area contributed by atoms with Crippen LogP contribution < -0.4 is 5.73 Å². The van der Waals surface area contributed by atoms with Gasteiger partial charge in [0, 0.05) is 19.0 Å². The highest BCUT2D eigenvalue weighted by molar-refractivity contribution is 7.13. The number of likely N-dealkylation sites (N-methyl/N-ethyl adjacent to an activating group) is 1. The minimum absolute atomic E-state index is 0.0683. The van der Waals surface area contributed by atoms with Crippen LogP contribution in [0.5, 0.6) is 0 Å². The van der Waals surface area contributed by atoms with E-state index in [0.29, 0.717) is 17.4 Å². The molecule has 0 fully saturated rings. The van der Waals surface area contributed by atoms with Gasteiger partial charge in [0.05, 0.1) is 18.2 Å². The van der Waals surface area contributed by atoms with Crippen molar-refractivity contribution in [1.29, 1.82) is 0 Å². The van der Waals surface area contributed by atoms with Gasteiger partial charge >= 0.3 is 0 Å². The standard InChI is InChI=1S/C9H15N3O2S/c1-6(13)4-12(2)8(14)3-7-5-15-9(10)11-7/h5-6,13H,3-4H2,1-2H3,(H2,10,11). The van der Waals surface area contributed by atoms with Gasteiger partial charge in [-0.05, 0) is 6.92 Å². The van der Waals surface area contributed by atoms with Crippen molar-refractivity contribution in [3.05, 3.63) is 11.1 Å². The third-order valence-electron chi connectivity index (χ3n) is 1.87. The predicted molar refractivity (Wildman–Crippen MR) is 59.5 cm³/mol. The summed E-state index contributed by atoms with van der Waals surface area (Å²) in [6, 6.07) is 0. The van der Waals surface area contributed by atoms with Crippen molar-refractivity contribution < 1.29 is 9.90 Å². The zero-order valence-electron chi connectivity index (χ0n) is 8.80. The lowest BCUT2D eigenvalue weighted by molar-refractivity contribution is -0.130. The molecule has 1 aromatic rings. The molecule has 5 nitrogen and oxygen atoms in total. The minimum atomic E-state index is -0.514. The number of nitrogen functional groups attached to an aromatic ring is 1. The fourth-order valence-corrected chi connectivity index (χ4v) is 1.75. The van der Waals surface area contributed by atoms with Crippen molar-refractivity contribution in [2.24, 2.45) is 0 Å². The summed E-state index contributed by atoms with van der Waals surface area (Å²) in [6.45, 7) is 1.98. The van der Waals surface area contributed by atoms with E-state index < -0.39 is 6.10 Å². The summed E-state index contributed by atoms with van der Waals surface area (Å²) in [5.74, 6) is -0.0683. The number of aliphatic hydroxyl groups excluding tert-OH is 1. The molecule has 0 radical (unpaired) electrons. The molecule has 1 rings (SSSR count). The van der Waals surface area contributed by atoms with Crippen molar-refractivity contribution in [3.63, 3.8) is 0 Å². The SMILES string of the molecule is CC(O)CN(C)C(=O)Cc1csc(N)n1. The summed E-state index contributed by atoms with van der Waals surface area (Å²) < 4.78 is 0. The molecule has 0 bridgehead atoms. The normalized spacial score (nSPS) is 12.5. The molecule has 0 aliphatic rings. The van der Waals surface area contributed by atoms with E-state index >= 15 is 0 Å². The number of thiazole rings is 1. The summed E-state index contributed by atoms with van der Waals surface area (Å²) in [5.41, 5.74) is 6.13. The van der Waals surface area contributed by atoms with Gasteiger partial charge in [-0.15, -0.1) is 11.3 Å². The summed E-state index contributed by atoms with van der Waals surface area (Å²) in [7, 11) is 1.66. The Morgan fingerprint density at radius 2 is 2.47 bits per heavy atom. The third-order valence-corrected chi connectivity index (χ3v) is 2.59. The average molecular weight is 229 g/mol. The Kier molecular flexibility index (Phi) is 4.05. The molecule has 3 N–H and O–H groups in total. The zero-order chi connectivity index (χ0) is 11.4. The van der Waals surface area contributed by atoms with Gasteiger partial charge < -0.3 is 15.7 Å². The van der Waals surface area contributed by atoms with Gasteiger partial charge in [0.25, 0.3) is 0 Å². The second-order valence-electron chi connectivity index (χ2n) is 3.48. The van der Waals surface area contributed by atoms with Gasteiger partial charge in [0.1, 0.15) is 0 Å². The molecule has 0 aliphatic heterocycles. The monoisotopic (exact) mass is 229 g/mol.